The highest BCUT2D eigenvalue weighted by molar-refractivity contribution is 9.10. The van der Waals surface area contributed by atoms with Gasteiger partial charge in [0.1, 0.15) is 11.8 Å². The summed E-state index contributed by atoms with van der Waals surface area (Å²) < 4.78 is 7.74. The average molecular weight is 920 g/mol. The Morgan fingerprint density at radius 2 is 1.06 bits per heavy atom. The van der Waals surface area contributed by atoms with Crippen LogP contribution in [0, 0.1) is 18.8 Å². The molecule has 5 aromatic carbocycles. The zero-order valence-corrected chi connectivity index (χ0v) is 43.6. The summed E-state index contributed by atoms with van der Waals surface area (Å²) in [6.45, 7) is 37.1. The van der Waals surface area contributed by atoms with Crippen LogP contribution >= 0.6 is 15.9 Å². The van der Waals surface area contributed by atoms with Gasteiger partial charge in [-0.15, -0.1) is 0 Å². The van der Waals surface area contributed by atoms with Crippen molar-refractivity contribution in [3.63, 3.8) is 0 Å². The number of nitrogens with zero attached hydrogens (tertiary/aromatic N) is 2. The molecule has 0 radical (unpaired) electrons. The minimum Gasteiger partial charge on any atom is -0.462 e. The maximum atomic E-state index is 6.58. The van der Waals surface area contributed by atoms with Crippen molar-refractivity contribution in [1.82, 2.24) is 0 Å². The molecule has 2 fully saturated rings. The van der Waals surface area contributed by atoms with E-state index in [0.29, 0.717) is 12.0 Å². The van der Waals surface area contributed by atoms with Crippen LogP contribution in [0.3, 0.4) is 0 Å². The van der Waals surface area contributed by atoms with E-state index in [1.807, 2.05) is 6.26 Å². The normalized spacial score (nSPS) is 18.3. The fourth-order valence-corrected chi connectivity index (χ4v) is 10.9. The summed E-state index contributed by atoms with van der Waals surface area (Å²) >= 11 is 4.15. The fraction of sp³-hybridized carbons (Fsp3) is 0.467. The van der Waals surface area contributed by atoms with Crippen molar-refractivity contribution < 1.29 is 4.42 Å². The van der Waals surface area contributed by atoms with Crippen LogP contribution in [-0.2, 0) is 27.1 Å². The second kappa shape index (κ2) is 16.3. The lowest BCUT2D eigenvalue weighted by molar-refractivity contribution is 0.413. The molecule has 6 aromatic rings. The molecule has 0 amide bonds. The number of rotatable bonds is 7. The van der Waals surface area contributed by atoms with Gasteiger partial charge in [-0.05, 0) is 175 Å². The standard InChI is InChI=1S/C60H75BrN2O/c1-37-25-46(35-47(26-37)63(53-28-38-17-18-39(53)27-38)52-23-20-43(34-50(52)61)58(8,9)10)62(54-36-64-55-24-21-42(33-49(54)55)57(5,6)7)51-22-19-41(56(2,3)4)32-48(51)40-29-44(59(11,12)13)31-45(30-40)60(14,15)16/h19-26,29-36,38-39,53H,17-18,27-28H2,1-16H3. The summed E-state index contributed by atoms with van der Waals surface area (Å²) in [5.41, 5.74) is 16.9. The van der Waals surface area contributed by atoms with E-state index in [9.17, 15) is 0 Å². The van der Waals surface area contributed by atoms with Gasteiger partial charge in [0.25, 0.3) is 0 Å². The number of anilines is 5. The first-order valence-electron chi connectivity index (χ1n) is 24.0. The van der Waals surface area contributed by atoms with Crippen molar-refractivity contribution in [3.05, 3.63) is 135 Å². The van der Waals surface area contributed by atoms with Gasteiger partial charge in [0, 0.05) is 32.8 Å². The molecule has 2 bridgehead atoms. The monoisotopic (exact) mass is 919 g/mol. The van der Waals surface area contributed by atoms with E-state index in [2.05, 4.69) is 228 Å². The Labute approximate surface area is 395 Å². The molecule has 2 saturated carbocycles. The van der Waals surface area contributed by atoms with Crippen LogP contribution in [0.1, 0.15) is 163 Å². The molecule has 1 heterocycles. The lowest BCUT2D eigenvalue weighted by Crippen LogP contribution is -2.36. The second-order valence-electron chi connectivity index (χ2n) is 24.8. The number of halogens is 1. The smallest absolute Gasteiger partial charge is 0.136 e. The Kier molecular flexibility index (Phi) is 11.7. The van der Waals surface area contributed by atoms with Crippen molar-refractivity contribution in [2.75, 3.05) is 9.80 Å². The number of aryl methyl sites for hydroxylation is 1. The van der Waals surface area contributed by atoms with Crippen molar-refractivity contribution in [3.8, 4) is 11.1 Å². The van der Waals surface area contributed by atoms with Gasteiger partial charge < -0.3 is 14.2 Å². The van der Waals surface area contributed by atoms with E-state index in [1.54, 1.807) is 0 Å². The van der Waals surface area contributed by atoms with E-state index >= 15 is 0 Å². The van der Waals surface area contributed by atoms with Gasteiger partial charge in [-0.1, -0.05) is 147 Å². The quantitative estimate of drug-likeness (QED) is 0.159. The minimum absolute atomic E-state index is 0.0303. The molecular formula is C60H75BrN2O. The highest BCUT2D eigenvalue weighted by atomic mass is 79.9. The zero-order chi connectivity index (χ0) is 46.5. The van der Waals surface area contributed by atoms with E-state index in [4.69, 9.17) is 4.42 Å². The Morgan fingerprint density at radius 3 is 1.61 bits per heavy atom. The van der Waals surface area contributed by atoms with Gasteiger partial charge in [-0.25, -0.2) is 0 Å². The average Bonchev–Trinajstić information content (AvgIpc) is 3.94. The van der Waals surface area contributed by atoms with Gasteiger partial charge in [0.2, 0.25) is 0 Å². The summed E-state index contributed by atoms with van der Waals surface area (Å²) in [7, 11) is 0. The molecule has 0 saturated heterocycles. The third-order valence-electron chi connectivity index (χ3n) is 14.4. The first-order chi connectivity index (χ1) is 29.7. The predicted octanol–water partition coefficient (Wildman–Crippen LogP) is 18.5. The van der Waals surface area contributed by atoms with Crippen LogP contribution in [0.25, 0.3) is 22.1 Å². The lowest BCUT2D eigenvalue weighted by Gasteiger charge is -2.38. The van der Waals surface area contributed by atoms with Crippen molar-refractivity contribution in [2.45, 2.75) is 170 Å². The third-order valence-corrected chi connectivity index (χ3v) is 15.1. The maximum absolute atomic E-state index is 6.58. The molecule has 0 spiro atoms. The molecule has 0 N–H and O–H groups in total. The second-order valence-corrected chi connectivity index (χ2v) is 25.6. The van der Waals surface area contributed by atoms with Crippen LogP contribution in [-0.4, -0.2) is 6.04 Å². The summed E-state index contributed by atoms with van der Waals surface area (Å²) in [4.78, 5) is 5.24. The van der Waals surface area contributed by atoms with Gasteiger partial charge in [0.15, 0.2) is 0 Å². The molecule has 2 aliphatic carbocycles. The van der Waals surface area contributed by atoms with Crippen LogP contribution < -0.4 is 9.80 Å². The van der Waals surface area contributed by atoms with Crippen LogP contribution in [0.2, 0.25) is 0 Å². The molecule has 2 aliphatic rings. The Hall–Kier alpha value is -4.28. The Morgan fingerprint density at radius 1 is 0.516 bits per heavy atom. The van der Waals surface area contributed by atoms with Gasteiger partial charge >= 0.3 is 0 Å². The molecule has 3 atom stereocenters. The van der Waals surface area contributed by atoms with E-state index in [0.717, 1.165) is 38.4 Å². The van der Waals surface area contributed by atoms with Gasteiger partial charge in [-0.2, -0.15) is 0 Å². The largest absolute Gasteiger partial charge is 0.462 e. The first-order valence-corrected chi connectivity index (χ1v) is 24.8. The first kappa shape index (κ1) is 46.3. The zero-order valence-electron chi connectivity index (χ0n) is 42.0. The molecule has 8 rings (SSSR count). The lowest BCUT2D eigenvalue weighted by atomic mass is 9.78. The van der Waals surface area contributed by atoms with Crippen molar-refractivity contribution >= 4 is 55.3 Å². The molecule has 1 aromatic heterocycles. The highest BCUT2D eigenvalue weighted by Gasteiger charge is 2.44. The Bertz CT molecular complexity index is 2670. The van der Waals surface area contributed by atoms with E-state index < -0.39 is 0 Å². The third kappa shape index (κ3) is 9.12. The summed E-state index contributed by atoms with van der Waals surface area (Å²) in [6.07, 6.45) is 7.22. The van der Waals surface area contributed by atoms with E-state index in [1.165, 1.54) is 81.6 Å². The summed E-state index contributed by atoms with van der Waals surface area (Å²) in [5.74, 6) is 1.47. The minimum atomic E-state index is -0.0514. The molecule has 3 unspecified atom stereocenters. The topological polar surface area (TPSA) is 19.6 Å². The fourth-order valence-electron chi connectivity index (χ4n) is 10.4. The number of benzene rings is 5. The van der Waals surface area contributed by atoms with Crippen LogP contribution in [0.15, 0.2) is 106 Å². The molecule has 4 heteroatoms. The summed E-state index contributed by atoms with van der Waals surface area (Å²) in [6, 6.07) is 36.2. The molecular weight excluding hydrogens is 845 g/mol. The SMILES string of the molecule is Cc1cc(N(c2ccc(C(C)(C)C)cc2-c2cc(C(C)(C)C)cc(C(C)(C)C)c2)c2coc3ccc(C(C)(C)C)cc23)cc(N(c2ccc(C(C)(C)C)cc2Br)C2CC3CCC2C3)c1. The van der Waals surface area contributed by atoms with E-state index in [-0.39, 0.29) is 27.1 Å². The molecule has 64 heavy (non-hydrogen) atoms. The Balaban J connectivity index is 1.44. The van der Waals surface area contributed by atoms with Crippen molar-refractivity contribution in [2.24, 2.45) is 11.8 Å². The summed E-state index contributed by atoms with van der Waals surface area (Å²) in [5, 5.41) is 1.12. The van der Waals surface area contributed by atoms with Gasteiger partial charge in [-0.3, -0.25) is 0 Å². The van der Waals surface area contributed by atoms with Crippen LogP contribution in [0.4, 0.5) is 28.4 Å². The molecule has 0 aliphatic heterocycles. The molecule has 338 valence electrons. The molecule has 3 nitrogen and oxygen atoms in total. The highest BCUT2D eigenvalue weighted by Crippen LogP contribution is 2.53. The number of furan rings is 1. The van der Waals surface area contributed by atoms with Crippen molar-refractivity contribution in [1.29, 1.82) is 0 Å². The maximum Gasteiger partial charge on any atom is 0.136 e. The number of hydrogen-bond donors (Lipinski definition) is 0. The van der Waals surface area contributed by atoms with Gasteiger partial charge in [0.05, 0.1) is 17.1 Å². The predicted molar refractivity (Wildman–Crippen MR) is 280 cm³/mol. The number of fused-ring (bicyclic) bond motifs is 3. The number of hydrogen-bond acceptors (Lipinski definition) is 3. The van der Waals surface area contributed by atoms with Crippen LogP contribution in [0.5, 0.6) is 0 Å².